The molecule has 0 aromatic carbocycles. The van der Waals surface area contributed by atoms with Crippen LogP contribution in [0, 0.1) is 17.3 Å². The number of carbonyl (C=O) groups excluding carboxylic acids is 5. The van der Waals surface area contributed by atoms with E-state index in [9.17, 15) is 32.4 Å². The lowest BCUT2D eigenvalue weighted by Crippen LogP contribution is -2.60. The molecular formula is C37H60N6O7S2. The molecule has 15 heteroatoms. The normalized spacial score (nSPS) is 23.4. The smallest absolute Gasteiger partial charge is 0.315 e. The van der Waals surface area contributed by atoms with Crippen molar-refractivity contribution in [1.29, 1.82) is 0 Å². The Balaban J connectivity index is 1.87. The molecule has 2 fully saturated rings. The zero-order valence-corrected chi connectivity index (χ0v) is 33.4. The number of carbonyl (C=O) groups is 5. The lowest BCUT2D eigenvalue weighted by molar-refractivity contribution is -0.143. The molecule has 1 aromatic heterocycles. The zero-order chi connectivity index (χ0) is 38.6. The van der Waals surface area contributed by atoms with Crippen LogP contribution in [0.4, 0.5) is 4.79 Å². The zero-order valence-electron chi connectivity index (χ0n) is 31.7. The van der Waals surface area contributed by atoms with Crippen molar-refractivity contribution >= 4 is 50.9 Å². The first-order valence-corrected chi connectivity index (χ1v) is 20.9. The molecule has 5 amide bonds. The quantitative estimate of drug-likeness (QED) is 0.193. The maximum atomic E-state index is 14.4. The Kier molecular flexibility index (Phi) is 16.3. The standard InChI is InChI=1S/C37H60N6O7S2/c1-8-21-38-34(46)32(44)27-17-14-12-10-9-11-13-15-18-28(35(47)43-22-20-26(25(2)3)31(43)33(45)39-27)40-36(48)41-29(37(4,5)6)24-42(7)52(49,50)30-19-16-23-51-30/h8,16,19,23,25-29,31H,1,9-15,17-18,20-22,24H2,2-7H3,(H,38,46)(H,39,45)(H2,40,41,48)/t26-,27+,28+,29-,31+/m1/s1. The second-order valence-electron chi connectivity index (χ2n) is 15.5. The third kappa shape index (κ3) is 11.9. The van der Waals surface area contributed by atoms with Crippen molar-refractivity contribution in [2.75, 3.05) is 26.7 Å². The topological polar surface area (TPSA) is 174 Å². The van der Waals surface area contributed by atoms with Gasteiger partial charge in [0.15, 0.2) is 0 Å². The molecule has 52 heavy (non-hydrogen) atoms. The Morgan fingerprint density at radius 1 is 1.06 bits per heavy atom. The summed E-state index contributed by atoms with van der Waals surface area (Å²) < 4.78 is 27.8. The van der Waals surface area contributed by atoms with Crippen LogP contribution in [0.1, 0.15) is 98.8 Å². The summed E-state index contributed by atoms with van der Waals surface area (Å²) in [5, 5.41) is 12.9. The number of likely N-dealkylation sites (N-methyl/N-ethyl adjacent to an activating group) is 1. The van der Waals surface area contributed by atoms with Gasteiger partial charge in [0.2, 0.25) is 17.6 Å². The van der Waals surface area contributed by atoms with E-state index < -0.39 is 63.2 Å². The summed E-state index contributed by atoms with van der Waals surface area (Å²) in [4.78, 5) is 69.6. The van der Waals surface area contributed by atoms with Crippen LogP contribution in [0.2, 0.25) is 0 Å². The monoisotopic (exact) mass is 764 g/mol. The maximum absolute atomic E-state index is 14.4. The van der Waals surface area contributed by atoms with Crippen LogP contribution in [0.25, 0.3) is 0 Å². The number of amides is 5. The van der Waals surface area contributed by atoms with Crippen molar-refractivity contribution in [2.24, 2.45) is 17.3 Å². The number of hydrogen-bond donors (Lipinski definition) is 4. The molecular weight excluding hydrogens is 705 g/mol. The molecule has 0 spiro atoms. The van der Waals surface area contributed by atoms with Crippen LogP contribution in [-0.2, 0) is 29.2 Å². The summed E-state index contributed by atoms with van der Waals surface area (Å²) in [7, 11) is -2.29. The van der Waals surface area contributed by atoms with E-state index in [-0.39, 0.29) is 35.0 Å². The number of fused-ring (bicyclic) bond motifs is 1. The second kappa shape index (κ2) is 19.7. The number of thiophene rings is 1. The molecule has 2 saturated heterocycles. The van der Waals surface area contributed by atoms with Crippen molar-refractivity contribution in [2.45, 2.75) is 127 Å². The van der Waals surface area contributed by atoms with Crippen molar-refractivity contribution in [3.8, 4) is 0 Å². The molecule has 0 radical (unpaired) electrons. The number of sulfonamides is 1. The largest absolute Gasteiger partial charge is 0.346 e. The van der Waals surface area contributed by atoms with E-state index in [4.69, 9.17) is 0 Å². The van der Waals surface area contributed by atoms with Gasteiger partial charge in [0, 0.05) is 32.7 Å². The molecule has 0 bridgehead atoms. The first kappa shape index (κ1) is 43.1. The predicted octanol–water partition coefficient (Wildman–Crippen LogP) is 4.20. The number of hydrogen-bond acceptors (Lipinski definition) is 8. The molecule has 2 aliphatic rings. The third-order valence-corrected chi connectivity index (χ3v) is 13.4. The van der Waals surface area contributed by atoms with E-state index in [1.807, 2.05) is 34.6 Å². The molecule has 1 aromatic rings. The third-order valence-electron chi connectivity index (χ3n) is 10.2. The Labute approximate surface area is 314 Å². The van der Waals surface area contributed by atoms with Gasteiger partial charge in [-0.1, -0.05) is 91.7 Å². The fourth-order valence-electron chi connectivity index (χ4n) is 6.89. The van der Waals surface area contributed by atoms with E-state index >= 15 is 0 Å². The van der Waals surface area contributed by atoms with E-state index in [1.165, 1.54) is 22.3 Å². The number of ketones is 1. The summed E-state index contributed by atoms with van der Waals surface area (Å²) in [5.41, 5.74) is -0.541. The van der Waals surface area contributed by atoms with Crippen LogP contribution >= 0.6 is 11.3 Å². The van der Waals surface area contributed by atoms with Crippen molar-refractivity contribution < 1.29 is 32.4 Å². The minimum Gasteiger partial charge on any atom is -0.346 e. The van der Waals surface area contributed by atoms with Gasteiger partial charge in [-0.3, -0.25) is 19.2 Å². The maximum Gasteiger partial charge on any atom is 0.315 e. The summed E-state index contributed by atoms with van der Waals surface area (Å²) in [6.45, 7) is 13.7. The van der Waals surface area contributed by atoms with Crippen LogP contribution in [0.5, 0.6) is 0 Å². The summed E-state index contributed by atoms with van der Waals surface area (Å²) in [6, 6.07) is -0.869. The molecule has 13 nitrogen and oxygen atoms in total. The van der Waals surface area contributed by atoms with E-state index in [0.29, 0.717) is 38.6 Å². The van der Waals surface area contributed by atoms with E-state index in [2.05, 4.69) is 27.8 Å². The fraction of sp³-hybridized carbons (Fsp3) is 0.703. The highest BCUT2D eigenvalue weighted by Crippen LogP contribution is 2.32. The first-order chi connectivity index (χ1) is 24.5. The Bertz CT molecular complexity index is 1490. The Morgan fingerprint density at radius 2 is 1.69 bits per heavy atom. The highest BCUT2D eigenvalue weighted by Gasteiger charge is 2.46. The molecule has 3 heterocycles. The SMILES string of the molecule is C=CCNC(=O)C(=O)[C@@H]1CCCCCCCCC[C@H](NC(=O)N[C@H](CN(C)S(=O)(=O)c2cccs2)C(C)(C)C)C(=O)N2CC[C@H](C(C)C)[C@H]2C(=O)N1. The van der Waals surface area contributed by atoms with Gasteiger partial charge in [0.25, 0.3) is 15.9 Å². The molecule has 292 valence electrons. The van der Waals surface area contributed by atoms with Crippen molar-refractivity contribution in [3.05, 3.63) is 30.2 Å². The van der Waals surface area contributed by atoms with Crippen LogP contribution in [0.3, 0.4) is 0 Å². The first-order valence-electron chi connectivity index (χ1n) is 18.6. The highest BCUT2D eigenvalue weighted by atomic mass is 32.2. The van der Waals surface area contributed by atoms with Crippen LogP contribution in [0.15, 0.2) is 34.4 Å². The van der Waals surface area contributed by atoms with Gasteiger partial charge in [-0.25, -0.2) is 13.2 Å². The molecule has 0 aliphatic carbocycles. The Morgan fingerprint density at radius 3 is 2.27 bits per heavy atom. The lowest BCUT2D eigenvalue weighted by Gasteiger charge is -2.35. The van der Waals surface area contributed by atoms with Gasteiger partial charge < -0.3 is 26.2 Å². The van der Waals surface area contributed by atoms with E-state index in [1.54, 1.807) is 17.5 Å². The van der Waals surface area contributed by atoms with Crippen LogP contribution < -0.4 is 21.3 Å². The summed E-state index contributed by atoms with van der Waals surface area (Å²) in [5.74, 6) is -2.56. The number of urea groups is 1. The van der Waals surface area contributed by atoms with Gasteiger partial charge >= 0.3 is 6.03 Å². The average Bonchev–Trinajstić information content (AvgIpc) is 3.79. The number of nitrogens with zero attached hydrogens (tertiary/aromatic N) is 2. The van der Waals surface area contributed by atoms with E-state index in [0.717, 1.165) is 43.4 Å². The molecule has 0 saturated carbocycles. The molecule has 4 N–H and O–H groups in total. The summed E-state index contributed by atoms with van der Waals surface area (Å²) in [6.07, 6.45) is 8.59. The number of nitrogens with one attached hydrogen (secondary N) is 4. The van der Waals surface area contributed by atoms with Gasteiger partial charge in [-0.2, -0.15) is 4.31 Å². The minimum atomic E-state index is -3.77. The number of Topliss-reactive ketones (excluding diaryl/α,β-unsaturated/α-hetero) is 1. The second-order valence-corrected chi connectivity index (χ2v) is 18.7. The molecule has 3 rings (SSSR count). The van der Waals surface area contributed by atoms with Gasteiger partial charge in [0.1, 0.15) is 16.3 Å². The Hall–Kier alpha value is -3.30. The highest BCUT2D eigenvalue weighted by molar-refractivity contribution is 7.91. The summed E-state index contributed by atoms with van der Waals surface area (Å²) >= 11 is 1.12. The van der Waals surface area contributed by atoms with Crippen molar-refractivity contribution in [1.82, 2.24) is 30.5 Å². The van der Waals surface area contributed by atoms with Gasteiger partial charge in [0.05, 0.1) is 6.04 Å². The lowest BCUT2D eigenvalue weighted by atomic mass is 9.86. The van der Waals surface area contributed by atoms with Gasteiger partial charge in [-0.15, -0.1) is 17.9 Å². The minimum absolute atomic E-state index is 0.00566. The predicted molar refractivity (Wildman–Crippen MR) is 203 cm³/mol. The van der Waals surface area contributed by atoms with Gasteiger partial charge in [-0.05, 0) is 48.0 Å². The molecule has 5 atom stereocenters. The average molecular weight is 765 g/mol. The van der Waals surface area contributed by atoms with Crippen molar-refractivity contribution in [3.63, 3.8) is 0 Å². The molecule has 0 unspecified atom stereocenters. The van der Waals surface area contributed by atoms with Crippen LogP contribution in [-0.4, -0.2) is 98.0 Å². The molecule has 2 aliphatic heterocycles. The number of rotatable bonds is 11. The fourth-order valence-corrected chi connectivity index (χ4v) is 9.27.